The van der Waals surface area contributed by atoms with Gasteiger partial charge < -0.3 is 9.84 Å². The van der Waals surface area contributed by atoms with E-state index in [0.717, 1.165) is 11.1 Å². The van der Waals surface area contributed by atoms with Crippen LogP contribution in [0, 0.1) is 0 Å². The maximum absolute atomic E-state index is 11.2. The lowest BCUT2D eigenvalue weighted by atomic mass is 9.84. The molecule has 0 unspecified atom stereocenters. The number of ether oxygens (including phenoxy) is 1. The molecule has 0 bridgehead atoms. The summed E-state index contributed by atoms with van der Waals surface area (Å²) in [5.74, 6) is 0. The van der Waals surface area contributed by atoms with Crippen molar-refractivity contribution in [1.29, 1.82) is 0 Å². The lowest BCUT2D eigenvalue weighted by Crippen LogP contribution is -2.33. The minimum absolute atomic E-state index is 0.350. The van der Waals surface area contributed by atoms with E-state index in [1.54, 1.807) is 6.08 Å². The van der Waals surface area contributed by atoms with Gasteiger partial charge in [-0.05, 0) is 11.1 Å². The van der Waals surface area contributed by atoms with E-state index in [1.807, 2.05) is 60.7 Å². The maximum atomic E-state index is 11.2. The second kappa shape index (κ2) is 7.02. The molecule has 2 heteroatoms. The van der Waals surface area contributed by atoms with Crippen molar-refractivity contribution in [3.63, 3.8) is 0 Å². The van der Waals surface area contributed by atoms with E-state index in [2.05, 4.69) is 13.2 Å². The summed E-state index contributed by atoms with van der Waals surface area (Å²) in [6.45, 7) is 7.83. The van der Waals surface area contributed by atoms with E-state index in [1.165, 1.54) is 6.08 Å². The summed E-state index contributed by atoms with van der Waals surface area (Å²) < 4.78 is 5.85. The predicted molar refractivity (Wildman–Crippen MR) is 85.9 cm³/mol. The standard InChI is InChI=1S/C19H20O2/c1-3-15-21-18(16-11-7-5-8-12-16)19(20,4-2)17-13-9-6-10-14-17/h3-14,18,20H,1-2,15H2/t18-,19+/m1/s1. The zero-order valence-electron chi connectivity index (χ0n) is 12.0. The van der Waals surface area contributed by atoms with Gasteiger partial charge in [-0.25, -0.2) is 0 Å². The summed E-state index contributed by atoms with van der Waals surface area (Å²) in [5, 5.41) is 11.2. The number of hydrogen-bond donors (Lipinski definition) is 1. The minimum Gasteiger partial charge on any atom is -0.378 e. The van der Waals surface area contributed by atoms with Crippen LogP contribution in [0.2, 0.25) is 0 Å². The van der Waals surface area contributed by atoms with E-state index >= 15 is 0 Å². The van der Waals surface area contributed by atoms with Gasteiger partial charge in [0.25, 0.3) is 0 Å². The predicted octanol–water partition coefficient (Wildman–Crippen LogP) is 4.00. The highest BCUT2D eigenvalue weighted by molar-refractivity contribution is 5.33. The van der Waals surface area contributed by atoms with Gasteiger partial charge in [-0.1, -0.05) is 79.4 Å². The largest absolute Gasteiger partial charge is 0.378 e. The van der Waals surface area contributed by atoms with Crippen LogP contribution in [0.4, 0.5) is 0 Å². The van der Waals surface area contributed by atoms with Crippen molar-refractivity contribution in [2.24, 2.45) is 0 Å². The molecular formula is C19H20O2. The lowest BCUT2D eigenvalue weighted by molar-refractivity contribution is -0.0803. The smallest absolute Gasteiger partial charge is 0.138 e. The molecule has 0 aliphatic rings. The third kappa shape index (κ3) is 3.30. The van der Waals surface area contributed by atoms with E-state index in [0.29, 0.717) is 6.61 Å². The second-order valence-electron chi connectivity index (χ2n) is 4.81. The van der Waals surface area contributed by atoms with Gasteiger partial charge >= 0.3 is 0 Å². The molecule has 0 fully saturated rings. The Hall–Kier alpha value is -2.16. The van der Waals surface area contributed by atoms with Crippen LogP contribution in [0.25, 0.3) is 0 Å². The Morgan fingerprint density at radius 3 is 2.10 bits per heavy atom. The summed E-state index contributed by atoms with van der Waals surface area (Å²) in [5.41, 5.74) is 0.342. The first kappa shape index (κ1) is 15.2. The SMILES string of the molecule is C=CCO[C@H](c1ccccc1)[C@](O)(C=C)c1ccccc1. The third-order valence-corrected chi connectivity index (χ3v) is 3.43. The van der Waals surface area contributed by atoms with Crippen LogP contribution in [0.15, 0.2) is 86.0 Å². The quantitative estimate of drug-likeness (QED) is 0.777. The number of hydrogen-bond acceptors (Lipinski definition) is 2. The van der Waals surface area contributed by atoms with Crippen molar-refractivity contribution in [3.05, 3.63) is 97.1 Å². The third-order valence-electron chi connectivity index (χ3n) is 3.43. The Morgan fingerprint density at radius 2 is 1.57 bits per heavy atom. The van der Waals surface area contributed by atoms with Gasteiger partial charge in [-0.2, -0.15) is 0 Å². The average Bonchev–Trinajstić information content (AvgIpc) is 2.56. The van der Waals surface area contributed by atoms with Gasteiger partial charge in [0.15, 0.2) is 0 Å². The minimum atomic E-state index is -1.30. The van der Waals surface area contributed by atoms with E-state index in [9.17, 15) is 5.11 Å². The van der Waals surface area contributed by atoms with Crippen molar-refractivity contribution in [3.8, 4) is 0 Å². The molecule has 2 rings (SSSR count). The molecule has 0 aliphatic carbocycles. The van der Waals surface area contributed by atoms with Crippen LogP contribution in [0.3, 0.4) is 0 Å². The van der Waals surface area contributed by atoms with Gasteiger partial charge in [0.1, 0.15) is 11.7 Å². The summed E-state index contributed by atoms with van der Waals surface area (Å²) in [6, 6.07) is 19.1. The van der Waals surface area contributed by atoms with Crippen LogP contribution in [0.5, 0.6) is 0 Å². The first-order valence-corrected chi connectivity index (χ1v) is 6.91. The van der Waals surface area contributed by atoms with E-state index < -0.39 is 11.7 Å². The molecule has 2 nitrogen and oxygen atoms in total. The molecule has 21 heavy (non-hydrogen) atoms. The number of benzene rings is 2. The molecule has 1 N–H and O–H groups in total. The highest BCUT2D eigenvalue weighted by Gasteiger charge is 2.37. The molecule has 0 radical (unpaired) electrons. The van der Waals surface area contributed by atoms with Crippen LogP contribution in [0.1, 0.15) is 17.2 Å². The van der Waals surface area contributed by atoms with Crippen LogP contribution in [-0.4, -0.2) is 11.7 Å². The molecule has 0 aromatic heterocycles. The van der Waals surface area contributed by atoms with Gasteiger partial charge in [0.2, 0.25) is 0 Å². The molecule has 108 valence electrons. The summed E-state index contributed by atoms with van der Waals surface area (Å²) in [7, 11) is 0. The van der Waals surface area contributed by atoms with Crippen molar-refractivity contribution < 1.29 is 9.84 Å². The van der Waals surface area contributed by atoms with Gasteiger partial charge in [0.05, 0.1) is 6.61 Å². The molecule has 0 saturated carbocycles. The summed E-state index contributed by atoms with van der Waals surface area (Å²) in [6.07, 6.45) is 2.66. The lowest BCUT2D eigenvalue weighted by Gasteiger charge is -2.34. The molecule has 0 spiro atoms. The number of aliphatic hydroxyl groups is 1. The number of rotatable bonds is 7. The molecule has 0 saturated heterocycles. The van der Waals surface area contributed by atoms with Crippen LogP contribution < -0.4 is 0 Å². The Labute approximate surface area is 126 Å². The second-order valence-corrected chi connectivity index (χ2v) is 4.81. The molecule has 2 aromatic rings. The molecule has 2 atom stereocenters. The fourth-order valence-electron chi connectivity index (χ4n) is 2.35. The van der Waals surface area contributed by atoms with E-state index in [4.69, 9.17) is 4.74 Å². The maximum Gasteiger partial charge on any atom is 0.138 e. The fraction of sp³-hybridized carbons (Fsp3) is 0.158. The van der Waals surface area contributed by atoms with Crippen molar-refractivity contribution >= 4 is 0 Å². The van der Waals surface area contributed by atoms with Crippen molar-refractivity contribution in [2.45, 2.75) is 11.7 Å². The van der Waals surface area contributed by atoms with Crippen LogP contribution >= 0.6 is 0 Å². The fourth-order valence-corrected chi connectivity index (χ4v) is 2.35. The Bertz CT molecular complexity index is 577. The van der Waals surface area contributed by atoms with Crippen molar-refractivity contribution in [2.75, 3.05) is 6.61 Å². The van der Waals surface area contributed by atoms with Crippen LogP contribution in [-0.2, 0) is 10.3 Å². The van der Waals surface area contributed by atoms with Gasteiger partial charge in [0, 0.05) is 0 Å². The summed E-state index contributed by atoms with van der Waals surface area (Å²) >= 11 is 0. The molecular weight excluding hydrogens is 260 g/mol. The zero-order chi connectivity index (χ0) is 15.1. The molecule has 0 heterocycles. The normalized spacial score (nSPS) is 14.9. The highest BCUT2D eigenvalue weighted by Crippen LogP contribution is 2.38. The summed E-state index contributed by atoms with van der Waals surface area (Å²) in [4.78, 5) is 0. The monoisotopic (exact) mass is 280 g/mol. The first-order chi connectivity index (χ1) is 10.2. The van der Waals surface area contributed by atoms with Gasteiger partial charge in [-0.15, -0.1) is 6.58 Å². The molecule has 0 amide bonds. The zero-order valence-corrected chi connectivity index (χ0v) is 12.0. The molecule has 2 aromatic carbocycles. The van der Waals surface area contributed by atoms with Gasteiger partial charge in [-0.3, -0.25) is 0 Å². The highest BCUT2D eigenvalue weighted by atomic mass is 16.5. The Kier molecular flexibility index (Phi) is 5.09. The van der Waals surface area contributed by atoms with E-state index in [-0.39, 0.29) is 0 Å². The Balaban J connectivity index is 2.47. The average molecular weight is 280 g/mol. The topological polar surface area (TPSA) is 29.5 Å². The van der Waals surface area contributed by atoms with Crippen molar-refractivity contribution in [1.82, 2.24) is 0 Å². The molecule has 0 aliphatic heterocycles. The Morgan fingerprint density at radius 1 is 1.00 bits per heavy atom. The first-order valence-electron chi connectivity index (χ1n) is 6.91.